The molecule has 16 heavy (non-hydrogen) atoms. The van der Waals surface area contributed by atoms with Crippen LogP contribution in [0.25, 0.3) is 0 Å². The quantitative estimate of drug-likeness (QED) is 0.859. The van der Waals surface area contributed by atoms with Crippen LogP contribution >= 0.6 is 31.9 Å². The average Bonchev–Trinajstić information content (AvgIpc) is 2.24. The van der Waals surface area contributed by atoms with Crippen LogP contribution in [-0.4, -0.2) is 4.98 Å². The molecule has 0 atom stereocenters. The Morgan fingerprint density at radius 1 is 1.12 bits per heavy atom. The monoisotopic (exact) mass is 340 g/mol. The number of hydrogen-bond acceptors (Lipinski definition) is 2. The first-order valence-electron chi connectivity index (χ1n) is 4.79. The number of aryl methyl sites for hydroxylation is 1. The van der Waals surface area contributed by atoms with Gasteiger partial charge in [-0.25, -0.2) is 0 Å². The third-order valence-electron chi connectivity index (χ3n) is 2.11. The summed E-state index contributed by atoms with van der Waals surface area (Å²) >= 11 is 6.91. The van der Waals surface area contributed by atoms with Gasteiger partial charge in [0.2, 0.25) is 0 Å². The fraction of sp³-hybridized carbons (Fsp3) is 0.0833. The molecule has 1 aromatic carbocycles. The molecule has 2 rings (SSSR count). The van der Waals surface area contributed by atoms with Crippen LogP contribution in [0.15, 0.2) is 45.6 Å². The molecule has 1 heterocycles. The van der Waals surface area contributed by atoms with E-state index in [1.807, 2.05) is 12.1 Å². The van der Waals surface area contributed by atoms with Crippen LogP contribution in [0.1, 0.15) is 5.56 Å². The van der Waals surface area contributed by atoms with Crippen LogP contribution in [0.4, 0.5) is 11.4 Å². The fourth-order valence-corrected chi connectivity index (χ4v) is 2.08. The van der Waals surface area contributed by atoms with E-state index in [0.717, 1.165) is 20.3 Å². The van der Waals surface area contributed by atoms with Gasteiger partial charge in [0.15, 0.2) is 0 Å². The van der Waals surface area contributed by atoms with Crippen molar-refractivity contribution in [3.63, 3.8) is 0 Å². The number of rotatable bonds is 2. The Labute approximate surface area is 111 Å². The third-order valence-corrected chi connectivity index (χ3v) is 3.23. The highest BCUT2D eigenvalue weighted by atomic mass is 79.9. The van der Waals surface area contributed by atoms with Gasteiger partial charge < -0.3 is 5.32 Å². The predicted octanol–water partition coefficient (Wildman–Crippen LogP) is 4.66. The summed E-state index contributed by atoms with van der Waals surface area (Å²) in [5.74, 6) is 0. The van der Waals surface area contributed by atoms with Crippen molar-refractivity contribution in [2.24, 2.45) is 0 Å². The second-order valence-electron chi connectivity index (χ2n) is 3.50. The number of nitrogens with zero attached hydrogens (tertiary/aromatic N) is 1. The van der Waals surface area contributed by atoms with Crippen LogP contribution in [0.2, 0.25) is 0 Å². The molecule has 0 amide bonds. The largest absolute Gasteiger partial charge is 0.353 e. The van der Waals surface area contributed by atoms with Gasteiger partial charge in [0.25, 0.3) is 0 Å². The SMILES string of the molecule is Cc1ccc(Br)c(Nc2cncc(Br)c2)c1. The molecule has 82 valence electrons. The Morgan fingerprint density at radius 3 is 2.69 bits per heavy atom. The van der Waals surface area contributed by atoms with Crippen molar-refractivity contribution in [1.29, 1.82) is 0 Å². The van der Waals surface area contributed by atoms with Gasteiger partial charge in [0, 0.05) is 15.1 Å². The summed E-state index contributed by atoms with van der Waals surface area (Å²) in [5, 5.41) is 3.31. The molecule has 1 aromatic heterocycles. The first-order valence-corrected chi connectivity index (χ1v) is 6.37. The van der Waals surface area contributed by atoms with Gasteiger partial charge in [-0.05, 0) is 62.5 Å². The number of aromatic nitrogens is 1. The fourth-order valence-electron chi connectivity index (χ4n) is 1.37. The molecule has 0 saturated carbocycles. The molecule has 2 aromatic rings. The summed E-state index contributed by atoms with van der Waals surface area (Å²) in [4.78, 5) is 4.11. The minimum atomic E-state index is 0.959. The minimum Gasteiger partial charge on any atom is -0.353 e. The van der Waals surface area contributed by atoms with Gasteiger partial charge in [-0.2, -0.15) is 0 Å². The van der Waals surface area contributed by atoms with Crippen molar-refractivity contribution in [1.82, 2.24) is 4.98 Å². The zero-order valence-corrected chi connectivity index (χ0v) is 11.8. The number of nitrogens with one attached hydrogen (secondary N) is 1. The number of anilines is 2. The molecular weight excluding hydrogens is 332 g/mol. The maximum Gasteiger partial charge on any atom is 0.0582 e. The summed E-state index contributed by atoms with van der Waals surface area (Å²) in [6.07, 6.45) is 3.55. The van der Waals surface area contributed by atoms with Gasteiger partial charge in [-0.15, -0.1) is 0 Å². The molecule has 0 spiro atoms. The molecule has 0 bridgehead atoms. The summed E-state index contributed by atoms with van der Waals surface area (Å²) in [6.45, 7) is 2.07. The van der Waals surface area contributed by atoms with Crippen LogP contribution in [0, 0.1) is 6.92 Å². The van der Waals surface area contributed by atoms with Crippen molar-refractivity contribution < 1.29 is 0 Å². The lowest BCUT2D eigenvalue weighted by Gasteiger charge is -2.09. The van der Waals surface area contributed by atoms with E-state index >= 15 is 0 Å². The normalized spacial score (nSPS) is 10.2. The van der Waals surface area contributed by atoms with E-state index in [4.69, 9.17) is 0 Å². The van der Waals surface area contributed by atoms with Crippen molar-refractivity contribution in [3.05, 3.63) is 51.2 Å². The van der Waals surface area contributed by atoms with Crippen LogP contribution in [-0.2, 0) is 0 Å². The molecule has 0 unspecified atom stereocenters. The van der Waals surface area contributed by atoms with Crippen molar-refractivity contribution in [2.75, 3.05) is 5.32 Å². The Hall–Kier alpha value is -0.870. The molecule has 0 fully saturated rings. The average molecular weight is 342 g/mol. The third kappa shape index (κ3) is 2.83. The Morgan fingerprint density at radius 2 is 1.94 bits per heavy atom. The number of benzene rings is 1. The molecule has 0 aliphatic heterocycles. The van der Waals surface area contributed by atoms with Crippen molar-refractivity contribution in [2.45, 2.75) is 6.92 Å². The summed E-state index contributed by atoms with van der Waals surface area (Å²) in [7, 11) is 0. The molecule has 0 radical (unpaired) electrons. The number of pyridine rings is 1. The molecular formula is C12H10Br2N2. The minimum absolute atomic E-state index is 0.959. The smallest absolute Gasteiger partial charge is 0.0582 e. The highest BCUT2D eigenvalue weighted by Crippen LogP contribution is 2.27. The van der Waals surface area contributed by atoms with Crippen molar-refractivity contribution in [3.8, 4) is 0 Å². The van der Waals surface area contributed by atoms with Gasteiger partial charge in [-0.1, -0.05) is 6.07 Å². The van der Waals surface area contributed by atoms with Gasteiger partial charge in [0.1, 0.15) is 0 Å². The zero-order valence-electron chi connectivity index (χ0n) is 8.67. The first kappa shape index (κ1) is 11.6. The van der Waals surface area contributed by atoms with E-state index in [-0.39, 0.29) is 0 Å². The Bertz CT molecular complexity index is 512. The van der Waals surface area contributed by atoms with Crippen LogP contribution in [0.3, 0.4) is 0 Å². The molecule has 0 saturated heterocycles. The van der Waals surface area contributed by atoms with Gasteiger partial charge in [0.05, 0.1) is 17.6 Å². The maximum absolute atomic E-state index is 4.11. The molecule has 1 N–H and O–H groups in total. The van der Waals surface area contributed by atoms with Crippen LogP contribution < -0.4 is 5.32 Å². The van der Waals surface area contributed by atoms with E-state index in [1.165, 1.54) is 5.56 Å². The lowest BCUT2D eigenvalue weighted by molar-refractivity contribution is 1.30. The Kier molecular flexibility index (Phi) is 3.61. The summed E-state index contributed by atoms with van der Waals surface area (Å²) in [6, 6.07) is 8.17. The standard InChI is InChI=1S/C12H10Br2N2/c1-8-2-3-11(14)12(4-8)16-10-5-9(13)6-15-7-10/h2-7,16H,1H3. The highest BCUT2D eigenvalue weighted by Gasteiger charge is 2.01. The maximum atomic E-state index is 4.11. The first-order chi connectivity index (χ1) is 7.65. The second kappa shape index (κ2) is 4.97. The predicted molar refractivity (Wildman–Crippen MR) is 74.1 cm³/mol. The molecule has 0 aliphatic carbocycles. The summed E-state index contributed by atoms with van der Waals surface area (Å²) in [5.41, 5.74) is 3.22. The highest BCUT2D eigenvalue weighted by molar-refractivity contribution is 9.10. The second-order valence-corrected chi connectivity index (χ2v) is 5.27. The van der Waals surface area contributed by atoms with Gasteiger partial charge >= 0.3 is 0 Å². The number of hydrogen-bond donors (Lipinski definition) is 1. The summed E-state index contributed by atoms with van der Waals surface area (Å²) < 4.78 is 2.00. The lowest BCUT2D eigenvalue weighted by atomic mass is 10.2. The van der Waals surface area contributed by atoms with E-state index < -0.39 is 0 Å². The Balaban J connectivity index is 2.30. The topological polar surface area (TPSA) is 24.9 Å². The molecule has 0 aliphatic rings. The van der Waals surface area contributed by atoms with Crippen molar-refractivity contribution >= 4 is 43.2 Å². The molecule has 2 nitrogen and oxygen atoms in total. The lowest BCUT2D eigenvalue weighted by Crippen LogP contribution is -1.92. The van der Waals surface area contributed by atoms with E-state index in [2.05, 4.69) is 61.2 Å². The zero-order chi connectivity index (χ0) is 11.5. The number of halogens is 2. The van der Waals surface area contributed by atoms with Gasteiger partial charge in [-0.3, -0.25) is 4.98 Å². The molecule has 4 heteroatoms. The van der Waals surface area contributed by atoms with E-state index in [1.54, 1.807) is 12.4 Å². The van der Waals surface area contributed by atoms with E-state index in [0.29, 0.717) is 0 Å². The van der Waals surface area contributed by atoms with Crippen LogP contribution in [0.5, 0.6) is 0 Å². The van der Waals surface area contributed by atoms with E-state index in [9.17, 15) is 0 Å².